The average Bonchev–Trinajstić information content (AvgIpc) is 2.77. The summed E-state index contributed by atoms with van der Waals surface area (Å²) in [6.45, 7) is 5.13. The molecule has 1 saturated heterocycles. The molecule has 0 N–H and O–H groups in total. The number of rotatable bonds is 6. The molecule has 1 aliphatic rings. The molecule has 0 aliphatic carbocycles. The fourth-order valence-corrected chi connectivity index (χ4v) is 3.65. The minimum atomic E-state index is 0.315. The summed E-state index contributed by atoms with van der Waals surface area (Å²) in [6, 6.07) is 0. The smallest absolute Gasteiger partial charge is 0.140 e. The molecule has 0 radical (unpaired) electrons. The van der Waals surface area contributed by atoms with Crippen molar-refractivity contribution in [3.63, 3.8) is 0 Å². The van der Waals surface area contributed by atoms with Crippen LogP contribution in [0.1, 0.15) is 38.9 Å². The van der Waals surface area contributed by atoms with Gasteiger partial charge >= 0.3 is 0 Å². The summed E-state index contributed by atoms with van der Waals surface area (Å²) >= 11 is 2.00. The third kappa shape index (κ3) is 4.64. The average molecular weight is 281 g/mol. The van der Waals surface area contributed by atoms with Gasteiger partial charge in [0.25, 0.3) is 0 Å². The summed E-state index contributed by atoms with van der Waals surface area (Å²) < 4.78 is 1.87. The third-order valence-corrected chi connectivity index (χ3v) is 4.50. The molecule has 0 atom stereocenters. The maximum atomic E-state index is 12.1. The predicted molar refractivity (Wildman–Crippen MR) is 78.2 cm³/mol. The van der Waals surface area contributed by atoms with Gasteiger partial charge in [-0.25, -0.2) is 9.67 Å². The third-order valence-electron chi connectivity index (χ3n) is 3.45. The lowest BCUT2D eigenvalue weighted by Crippen LogP contribution is -2.18. The van der Waals surface area contributed by atoms with Crippen molar-refractivity contribution in [2.24, 2.45) is 11.8 Å². The minimum absolute atomic E-state index is 0.315. The van der Waals surface area contributed by atoms with Crippen molar-refractivity contribution in [2.45, 2.75) is 46.1 Å². The minimum Gasteiger partial charge on any atom is -0.299 e. The van der Waals surface area contributed by atoms with Crippen LogP contribution >= 0.6 is 11.8 Å². The van der Waals surface area contributed by atoms with Crippen molar-refractivity contribution in [3.8, 4) is 0 Å². The highest BCUT2D eigenvalue weighted by Crippen LogP contribution is 2.25. The van der Waals surface area contributed by atoms with Crippen LogP contribution in [0.15, 0.2) is 6.33 Å². The van der Waals surface area contributed by atoms with Gasteiger partial charge in [-0.05, 0) is 36.2 Å². The van der Waals surface area contributed by atoms with E-state index >= 15 is 0 Å². The highest BCUT2D eigenvalue weighted by atomic mass is 32.2. The van der Waals surface area contributed by atoms with Gasteiger partial charge in [-0.15, -0.1) is 0 Å². The Labute approximate surface area is 119 Å². The highest BCUT2D eigenvalue weighted by Gasteiger charge is 2.19. The Bertz CT molecular complexity index is 411. The monoisotopic (exact) mass is 281 g/mol. The molecule has 106 valence electrons. The summed E-state index contributed by atoms with van der Waals surface area (Å²) in [4.78, 5) is 16.4. The Morgan fingerprint density at radius 1 is 1.47 bits per heavy atom. The van der Waals surface area contributed by atoms with E-state index in [1.54, 1.807) is 6.33 Å². The SMILES string of the molecule is CC(C)Cn1ncnc1CC(=O)CC1CCSCC1. The van der Waals surface area contributed by atoms with Crippen molar-refractivity contribution in [3.05, 3.63) is 12.2 Å². The number of aromatic nitrogens is 3. The molecule has 1 aromatic rings. The first-order valence-electron chi connectivity index (χ1n) is 7.11. The summed E-state index contributed by atoms with van der Waals surface area (Å²) in [5, 5.41) is 4.21. The second kappa shape index (κ2) is 7.08. The molecule has 2 rings (SSSR count). The first kappa shape index (κ1) is 14.6. The lowest BCUT2D eigenvalue weighted by Gasteiger charge is -2.20. The Balaban J connectivity index is 1.86. The van der Waals surface area contributed by atoms with Crippen LogP contribution in [0.5, 0.6) is 0 Å². The van der Waals surface area contributed by atoms with Gasteiger partial charge in [0.05, 0.1) is 6.42 Å². The fraction of sp³-hybridized carbons (Fsp3) is 0.786. The van der Waals surface area contributed by atoms with E-state index in [0.29, 0.717) is 24.0 Å². The topological polar surface area (TPSA) is 47.8 Å². The molecule has 0 aromatic carbocycles. The lowest BCUT2D eigenvalue weighted by molar-refractivity contribution is -0.119. The molecule has 19 heavy (non-hydrogen) atoms. The van der Waals surface area contributed by atoms with Crippen LogP contribution in [-0.2, 0) is 17.8 Å². The lowest BCUT2D eigenvalue weighted by atomic mass is 9.95. The van der Waals surface area contributed by atoms with E-state index in [-0.39, 0.29) is 0 Å². The number of ketones is 1. The molecule has 0 bridgehead atoms. The number of nitrogens with zero attached hydrogens (tertiary/aromatic N) is 3. The largest absolute Gasteiger partial charge is 0.299 e. The van der Waals surface area contributed by atoms with E-state index in [0.717, 1.165) is 18.8 Å². The van der Waals surface area contributed by atoms with Gasteiger partial charge < -0.3 is 0 Å². The maximum Gasteiger partial charge on any atom is 0.140 e. The molecule has 1 aromatic heterocycles. The predicted octanol–water partition coefficient (Wildman–Crippen LogP) is 2.58. The van der Waals surface area contributed by atoms with Gasteiger partial charge in [0.2, 0.25) is 0 Å². The van der Waals surface area contributed by atoms with Crippen LogP contribution in [-0.4, -0.2) is 32.1 Å². The molecule has 0 spiro atoms. The highest BCUT2D eigenvalue weighted by molar-refractivity contribution is 7.99. The van der Waals surface area contributed by atoms with Crippen LogP contribution in [0, 0.1) is 11.8 Å². The second-order valence-electron chi connectivity index (χ2n) is 5.73. The fourth-order valence-electron chi connectivity index (χ4n) is 2.44. The molecule has 2 heterocycles. The Morgan fingerprint density at radius 3 is 2.89 bits per heavy atom. The normalized spacial score (nSPS) is 17.0. The van der Waals surface area contributed by atoms with Crippen LogP contribution in [0.2, 0.25) is 0 Å². The Morgan fingerprint density at radius 2 is 2.21 bits per heavy atom. The second-order valence-corrected chi connectivity index (χ2v) is 6.95. The Kier molecular flexibility index (Phi) is 5.43. The van der Waals surface area contributed by atoms with Crippen LogP contribution in [0.4, 0.5) is 0 Å². The van der Waals surface area contributed by atoms with Gasteiger partial charge in [-0.1, -0.05) is 13.8 Å². The number of Topliss-reactive ketones (excluding diaryl/α,β-unsaturated/α-hetero) is 1. The first-order chi connectivity index (χ1) is 9.15. The van der Waals surface area contributed by atoms with Crippen molar-refractivity contribution >= 4 is 17.5 Å². The summed E-state index contributed by atoms with van der Waals surface area (Å²) in [5.41, 5.74) is 0. The van der Waals surface area contributed by atoms with E-state index in [1.807, 2.05) is 16.4 Å². The zero-order valence-electron chi connectivity index (χ0n) is 11.8. The molecule has 1 aliphatic heterocycles. The van der Waals surface area contributed by atoms with Crippen molar-refractivity contribution < 1.29 is 4.79 Å². The molecular weight excluding hydrogens is 258 g/mol. The van der Waals surface area contributed by atoms with E-state index < -0.39 is 0 Å². The molecule has 0 unspecified atom stereocenters. The van der Waals surface area contributed by atoms with Crippen LogP contribution in [0.25, 0.3) is 0 Å². The van der Waals surface area contributed by atoms with Crippen molar-refractivity contribution in [2.75, 3.05) is 11.5 Å². The molecule has 5 heteroatoms. The molecule has 0 saturated carbocycles. The van der Waals surface area contributed by atoms with E-state index in [1.165, 1.54) is 24.3 Å². The van der Waals surface area contributed by atoms with Gasteiger partial charge in [0, 0.05) is 13.0 Å². The molecular formula is C14H23N3OS. The summed E-state index contributed by atoms with van der Waals surface area (Å²) in [6.07, 6.45) is 5.10. The maximum absolute atomic E-state index is 12.1. The number of thioether (sulfide) groups is 1. The Hall–Kier alpha value is -0.840. The molecule has 0 amide bonds. The summed E-state index contributed by atoms with van der Waals surface area (Å²) in [7, 11) is 0. The van der Waals surface area contributed by atoms with Crippen molar-refractivity contribution in [1.82, 2.24) is 14.8 Å². The summed E-state index contributed by atoms with van der Waals surface area (Å²) in [5.74, 6) is 4.67. The van der Waals surface area contributed by atoms with Gasteiger partial charge in [-0.3, -0.25) is 4.79 Å². The number of hydrogen-bond donors (Lipinski definition) is 0. The number of carbonyl (C=O) groups is 1. The zero-order chi connectivity index (χ0) is 13.7. The van der Waals surface area contributed by atoms with Gasteiger partial charge in [0.15, 0.2) is 0 Å². The van der Waals surface area contributed by atoms with Gasteiger partial charge in [0.1, 0.15) is 17.9 Å². The van der Waals surface area contributed by atoms with E-state index in [2.05, 4.69) is 23.9 Å². The number of carbonyl (C=O) groups excluding carboxylic acids is 1. The van der Waals surface area contributed by atoms with Gasteiger partial charge in [-0.2, -0.15) is 16.9 Å². The van der Waals surface area contributed by atoms with Crippen LogP contribution < -0.4 is 0 Å². The number of hydrogen-bond acceptors (Lipinski definition) is 4. The molecule has 1 fully saturated rings. The van der Waals surface area contributed by atoms with Crippen LogP contribution in [0.3, 0.4) is 0 Å². The molecule has 4 nitrogen and oxygen atoms in total. The quantitative estimate of drug-likeness (QED) is 0.804. The first-order valence-corrected chi connectivity index (χ1v) is 8.26. The zero-order valence-corrected chi connectivity index (χ0v) is 12.7. The standard InChI is InChI=1S/C14H23N3OS/c1-11(2)9-17-14(15-10-16-17)8-13(18)7-12-3-5-19-6-4-12/h10-12H,3-9H2,1-2H3. The van der Waals surface area contributed by atoms with E-state index in [4.69, 9.17) is 0 Å². The van der Waals surface area contributed by atoms with Crippen molar-refractivity contribution in [1.29, 1.82) is 0 Å². The van der Waals surface area contributed by atoms with E-state index in [9.17, 15) is 4.79 Å².